The van der Waals surface area contributed by atoms with Crippen molar-refractivity contribution in [2.45, 2.75) is 32.4 Å². The van der Waals surface area contributed by atoms with Crippen LogP contribution in [0.2, 0.25) is 0 Å². The minimum absolute atomic E-state index is 0.00335. The lowest BCUT2D eigenvalue weighted by molar-refractivity contribution is 0.165. The number of carbonyl (C=O) groups excluding carboxylic acids is 1. The summed E-state index contributed by atoms with van der Waals surface area (Å²) in [7, 11) is -0.0271. The molecule has 1 aliphatic carbocycles. The van der Waals surface area contributed by atoms with E-state index in [0.717, 1.165) is 18.4 Å². The molecular weight excluding hydrogens is 304 g/mol. The molecule has 22 heavy (non-hydrogen) atoms. The van der Waals surface area contributed by atoms with Crippen LogP contribution in [0.15, 0.2) is 24.3 Å². The minimum Gasteiger partial charge on any atom is -0.382 e. The molecule has 2 rings (SSSR count). The van der Waals surface area contributed by atoms with Gasteiger partial charge in [-0.25, -0.2) is 4.79 Å². The van der Waals surface area contributed by atoms with Crippen molar-refractivity contribution in [3.05, 3.63) is 29.8 Å². The third-order valence-electron chi connectivity index (χ3n) is 3.47. The van der Waals surface area contributed by atoms with E-state index < -0.39 is 10.1 Å². The van der Waals surface area contributed by atoms with Gasteiger partial charge in [-0.05, 0) is 37.5 Å². The summed E-state index contributed by atoms with van der Waals surface area (Å²) in [5.74, 6) is 0.226. The van der Waals surface area contributed by atoms with Crippen LogP contribution < -0.4 is 4.18 Å². The van der Waals surface area contributed by atoms with E-state index in [0.29, 0.717) is 18.3 Å². The molecule has 1 saturated carbocycles. The van der Waals surface area contributed by atoms with Gasteiger partial charge in [0.1, 0.15) is 5.75 Å². The monoisotopic (exact) mass is 326 g/mol. The van der Waals surface area contributed by atoms with Gasteiger partial charge in [-0.3, -0.25) is 0 Å². The lowest BCUT2D eigenvalue weighted by atomic mass is 10.2. The smallest absolute Gasteiger partial charge is 0.320 e. The Bertz CT molecular complexity index is 621. The highest BCUT2D eigenvalue weighted by molar-refractivity contribution is 7.87. The Morgan fingerprint density at radius 2 is 1.82 bits per heavy atom. The predicted octanol–water partition coefficient (Wildman–Crippen LogP) is 2.06. The van der Waals surface area contributed by atoms with Gasteiger partial charge >= 0.3 is 16.1 Å². The van der Waals surface area contributed by atoms with Crippen LogP contribution in [-0.4, -0.2) is 50.1 Å². The summed E-state index contributed by atoms with van der Waals surface area (Å²) in [4.78, 5) is 15.6. The molecule has 0 unspecified atom stereocenters. The van der Waals surface area contributed by atoms with Crippen molar-refractivity contribution < 1.29 is 17.4 Å². The maximum absolute atomic E-state index is 12.2. The summed E-state index contributed by atoms with van der Waals surface area (Å²) < 4.78 is 27.8. The fourth-order valence-electron chi connectivity index (χ4n) is 2.05. The van der Waals surface area contributed by atoms with Gasteiger partial charge in [-0.15, -0.1) is 0 Å². The van der Waals surface area contributed by atoms with Gasteiger partial charge in [0.05, 0.1) is 5.75 Å². The lowest BCUT2D eigenvalue weighted by Crippen LogP contribution is -2.40. The van der Waals surface area contributed by atoms with E-state index in [4.69, 9.17) is 4.18 Å². The van der Waals surface area contributed by atoms with Crippen LogP contribution in [0.3, 0.4) is 0 Å². The highest BCUT2D eigenvalue weighted by atomic mass is 32.2. The van der Waals surface area contributed by atoms with Gasteiger partial charge in [-0.2, -0.15) is 8.42 Å². The molecule has 122 valence electrons. The molecule has 0 bridgehead atoms. The maximum Gasteiger partial charge on any atom is 0.320 e. The average Bonchev–Trinajstić information content (AvgIpc) is 3.30. The van der Waals surface area contributed by atoms with Gasteiger partial charge in [0.25, 0.3) is 0 Å². The molecule has 0 spiro atoms. The molecule has 2 amide bonds. The molecule has 7 heteroatoms. The Hall–Kier alpha value is -1.76. The standard InChI is InChI=1S/C15H22N2O4S/c1-4-22(19,20)21-14-9-5-12(6-10-14)11-17(13-7-8-13)15(18)16(2)3/h5-6,9-10,13H,4,7-8,11H2,1-3H3. The zero-order valence-corrected chi connectivity index (χ0v) is 14.0. The van der Waals surface area contributed by atoms with Gasteiger partial charge in [-0.1, -0.05) is 12.1 Å². The van der Waals surface area contributed by atoms with Crippen LogP contribution in [0.25, 0.3) is 0 Å². The molecule has 0 aliphatic heterocycles. The van der Waals surface area contributed by atoms with E-state index in [1.54, 1.807) is 43.3 Å². The predicted molar refractivity (Wildman–Crippen MR) is 84.2 cm³/mol. The SMILES string of the molecule is CCS(=O)(=O)Oc1ccc(CN(C(=O)N(C)C)C2CC2)cc1. The summed E-state index contributed by atoms with van der Waals surface area (Å²) in [6.07, 6.45) is 2.07. The average molecular weight is 326 g/mol. The summed E-state index contributed by atoms with van der Waals surface area (Å²) >= 11 is 0. The van der Waals surface area contributed by atoms with Crippen molar-refractivity contribution in [1.82, 2.24) is 9.80 Å². The fourth-order valence-corrected chi connectivity index (χ4v) is 2.57. The zero-order chi connectivity index (χ0) is 16.3. The highest BCUT2D eigenvalue weighted by Crippen LogP contribution is 2.29. The van der Waals surface area contributed by atoms with Crippen LogP contribution >= 0.6 is 0 Å². The van der Waals surface area contributed by atoms with Crippen molar-refractivity contribution in [3.63, 3.8) is 0 Å². The third kappa shape index (κ3) is 4.37. The van der Waals surface area contributed by atoms with Crippen molar-refractivity contribution in [3.8, 4) is 5.75 Å². The minimum atomic E-state index is -3.51. The first-order chi connectivity index (χ1) is 10.3. The summed E-state index contributed by atoms with van der Waals surface area (Å²) in [6, 6.07) is 7.13. The largest absolute Gasteiger partial charge is 0.382 e. The Morgan fingerprint density at radius 1 is 1.23 bits per heavy atom. The first-order valence-corrected chi connectivity index (χ1v) is 8.89. The highest BCUT2D eigenvalue weighted by Gasteiger charge is 2.33. The van der Waals surface area contributed by atoms with E-state index in [9.17, 15) is 13.2 Å². The zero-order valence-electron chi connectivity index (χ0n) is 13.2. The van der Waals surface area contributed by atoms with Crippen LogP contribution in [0.4, 0.5) is 4.79 Å². The molecule has 6 nitrogen and oxygen atoms in total. The number of hydrogen-bond donors (Lipinski definition) is 0. The Balaban J connectivity index is 2.05. The van der Waals surface area contributed by atoms with E-state index in [2.05, 4.69) is 0 Å². The number of urea groups is 1. The maximum atomic E-state index is 12.2. The van der Waals surface area contributed by atoms with E-state index in [1.807, 2.05) is 4.90 Å². The molecule has 1 aliphatic rings. The van der Waals surface area contributed by atoms with E-state index >= 15 is 0 Å². The van der Waals surface area contributed by atoms with Gasteiger partial charge in [0, 0.05) is 26.7 Å². The summed E-state index contributed by atoms with van der Waals surface area (Å²) in [5, 5.41) is 0. The summed E-state index contributed by atoms with van der Waals surface area (Å²) in [6.45, 7) is 2.05. The van der Waals surface area contributed by atoms with Crippen LogP contribution in [0, 0.1) is 0 Å². The lowest BCUT2D eigenvalue weighted by Gasteiger charge is -2.26. The Labute approximate surface area is 131 Å². The second-order valence-corrected chi connectivity index (χ2v) is 7.47. The van der Waals surface area contributed by atoms with E-state index in [1.165, 1.54) is 6.92 Å². The summed E-state index contributed by atoms with van der Waals surface area (Å²) in [5.41, 5.74) is 0.948. The molecule has 0 N–H and O–H groups in total. The molecule has 1 aromatic rings. The normalized spacial score (nSPS) is 14.5. The number of amides is 2. The molecule has 0 radical (unpaired) electrons. The first kappa shape index (κ1) is 16.6. The van der Waals surface area contributed by atoms with Gasteiger partial charge < -0.3 is 14.0 Å². The number of hydrogen-bond acceptors (Lipinski definition) is 4. The molecule has 0 saturated heterocycles. The van der Waals surface area contributed by atoms with E-state index in [-0.39, 0.29) is 11.8 Å². The van der Waals surface area contributed by atoms with Gasteiger partial charge in [0.15, 0.2) is 0 Å². The molecule has 0 atom stereocenters. The molecule has 1 fully saturated rings. The quantitative estimate of drug-likeness (QED) is 0.751. The number of benzene rings is 1. The number of carbonyl (C=O) groups is 1. The van der Waals surface area contributed by atoms with Crippen LogP contribution in [0.5, 0.6) is 5.75 Å². The molecule has 0 aromatic heterocycles. The molecule has 0 heterocycles. The second kappa shape index (κ2) is 6.56. The first-order valence-electron chi connectivity index (χ1n) is 7.31. The Morgan fingerprint density at radius 3 is 2.27 bits per heavy atom. The van der Waals surface area contributed by atoms with Crippen molar-refractivity contribution in [2.24, 2.45) is 0 Å². The van der Waals surface area contributed by atoms with Crippen molar-refractivity contribution in [1.29, 1.82) is 0 Å². The third-order valence-corrected chi connectivity index (χ3v) is 4.62. The number of nitrogens with zero attached hydrogens (tertiary/aromatic N) is 2. The molecule has 1 aromatic carbocycles. The van der Waals surface area contributed by atoms with Crippen molar-refractivity contribution >= 4 is 16.1 Å². The van der Waals surface area contributed by atoms with Crippen LogP contribution in [0.1, 0.15) is 25.3 Å². The van der Waals surface area contributed by atoms with Gasteiger partial charge in [0.2, 0.25) is 0 Å². The number of rotatable bonds is 6. The Kier molecular flexibility index (Phi) is 4.95. The fraction of sp³-hybridized carbons (Fsp3) is 0.533. The van der Waals surface area contributed by atoms with Crippen molar-refractivity contribution in [2.75, 3.05) is 19.8 Å². The topological polar surface area (TPSA) is 66.9 Å². The second-order valence-electron chi connectivity index (χ2n) is 5.61. The molecular formula is C15H22N2O4S. The van der Waals surface area contributed by atoms with Crippen LogP contribution in [-0.2, 0) is 16.7 Å².